The number of rotatable bonds is 1. The van der Waals surface area contributed by atoms with E-state index < -0.39 is 0 Å². The molecule has 4 heteroatoms. The molecule has 0 saturated heterocycles. The summed E-state index contributed by atoms with van der Waals surface area (Å²) < 4.78 is 0. The van der Waals surface area contributed by atoms with Crippen LogP contribution in [0.2, 0.25) is 5.28 Å². The predicted molar refractivity (Wildman–Crippen MR) is 30.8 cm³/mol. The topological polar surface area (TPSA) is 41.6 Å². The highest BCUT2D eigenvalue weighted by Crippen LogP contribution is 1.97. The number of nitrogens with one attached hydrogen (secondary N) is 1. The van der Waals surface area contributed by atoms with Crippen LogP contribution in [0.5, 0.6) is 0 Å². The third-order valence-electron chi connectivity index (χ3n) is 0.839. The molecule has 3 nitrogen and oxygen atoms in total. The van der Waals surface area contributed by atoms with E-state index in [1.165, 1.54) is 0 Å². The first-order chi connectivity index (χ1) is 3.83. The van der Waals surface area contributed by atoms with Gasteiger partial charge in [-0.3, -0.25) is 5.10 Å². The van der Waals surface area contributed by atoms with E-state index in [9.17, 15) is 0 Å². The van der Waals surface area contributed by atoms with Crippen LogP contribution in [0.3, 0.4) is 0 Å². The molecule has 0 unspecified atom stereocenters. The van der Waals surface area contributed by atoms with Gasteiger partial charge < -0.3 is 0 Å². The Morgan fingerprint density at radius 3 is 2.75 bits per heavy atom. The zero-order valence-electron chi connectivity index (χ0n) is 4.48. The lowest BCUT2D eigenvalue weighted by Gasteiger charge is -1.77. The summed E-state index contributed by atoms with van der Waals surface area (Å²) in [5, 5.41) is 6.57. The van der Waals surface area contributed by atoms with Gasteiger partial charge in [0.2, 0.25) is 5.28 Å². The molecule has 0 saturated carbocycles. The maximum Gasteiger partial charge on any atom is 0.242 e. The van der Waals surface area contributed by atoms with E-state index in [0.29, 0.717) is 5.28 Å². The monoisotopic (exact) mass is 131 g/mol. The van der Waals surface area contributed by atoms with Crippen molar-refractivity contribution in [2.45, 2.75) is 13.3 Å². The lowest BCUT2D eigenvalue weighted by molar-refractivity contribution is 0.946. The lowest BCUT2D eigenvalue weighted by Crippen LogP contribution is -1.80. The van der Waals surface area contributed by atoms with Gasteiger partial charge in [0.15, 0.2) is 0 Å². The molecule has 0 bridgehead atoms. The zero-order chi connectivity index (χ0) is 5.98. The van der Waals surface area contributed by atoms with E-state index in [4.69, 9.17) is 11.6 Å². The van der Waals surface area contributed by atoms with Crippen LogP contribution < -0.4 is 0 Å². The summed E-state index contributed by atoms with van der Waals surface area (Å²) in [5.74, 6) is 0.829. The molecule has 8 heavy (non-hydrogen) atoms. The zero-order valence-corrected chi connectivity index (χ0v) is 5.24. The molecular formula is C4H6ClN3. The third kappa shape index (κ3) is 0.980. The highest BCUT2D eigenvalue weighted by atomic mass is 35.5. The smallest absolute Gasteiger partial charge is 0.242 e. The van der Waals surface area contributed by atoms with Gasteiger partial charge >= 0.3 is 0 Å². The summed E-state index contributed by atoms with van der Waals surface area (Å²) >= 11 is 5.39. The van der Waals surface area contributed by atoms with Crippen molar-refractivity contribution < 1.29 is 0 Å². The minimum absolute atomic E-state index is 0.293. The van der Waals surface area contributed by atoms with E-state index in [0.717, 1.165) is 12.2 Å². The van der Waals surface area contributed by atoms with E-state index >= 15 is 0 Å². The van der Waals surface area contributed by atoms with Crippen molar-refractivity contribution >= 4 is 11.6 Å². The average molecular weight is 132 g/mol. The van der Waals surface area contributed by atoms with Crippen LogP contribution in [0.25, 0.3) is 0 Å². The number of nitrogens with zero attached hydrogens (tertiary/aromatic N) is 2. The molecule has 44 valence electrons. The Morgan fingerprint density at radius 1 is 1.75 bits per heavy atom. The highest BCUT2D eigenvalue weighted by molar-refractivity contribution is 6.28. The minimum atomic E-state index is 0.293. The first-order valence-corrected chi connectivity index (χ1v) is 2.77. The molecule has 1 aromatic rings. The van der Waals surface area contributed by atoms with Crippen LogP contribution >= 0.6 is 11.6 Å². The number of aryl methyl sites for hydroxylation is 1. The molecule has 0 amide bonds. The molecular weight excluding hydrogens is 126 g/mol. The second-order valence-corrected chi connectivity index (χ2v) is 1.74. The minimum Gasteiger partial charge on any atom is -0.262 e. The van der Waals surface area contributed by atoms with Gasteiger partial charge in [0.25, 0.3) is 0 Å². The van der Waals surface area contributed by atoms with E-state index in [-0.39, 0.29) is 0 Å². The van der Waals surface area contributed by atoms with Gasteiger partial charge in [-0.25, -0.2) is 4.98 Å². The predicted octanol–water partition coefficient (Wildman–Crippen LogP) is 1.02. The summed E-state index contributed by atoms with van der Waals surface area (Å²) in [7, 11) is 0. The first-order valence-electron chi connectivity index (χ1n) is 2.39. The molecule has 1 heterocycles. The maximum atomic E-state index is 5.39. The Balaban J connectivity index is 2.84. The number of H-pyrrole nitrogens is 1. The van der Waals surface area contributed by atoms with Crippen LogP contribution in [0.15, 0.2) is 0 Å². The number of aromatic nitrogens is 3. The fraction of sp³-hybridized carbons (Fsp3) is 0.500. The van der Waals surface area contributed by atoms with E-state index in [2.05, 4.69) is 15.2 Å². The van der Waals surface area contributed by atoms with Crippen molar-refractivity contribution in [3.63, 3.8) is 0 Å². The number of aromatic amines is 1. The molecule has 0 aromatic carbocycles. The van der Waals surface area contributed by atoms with Gasteiger partial charge in [0, 0.05) is 6.42 Å². The summed E-state index contributed by atoms with van der Waals surface area (Å²) in [4.78, 5) is 3.83. The Bertz CT molecular complexity index is 172. The van der Waals surface area contributed by atoms with Crippen molar-refractivity contribution in [2.75, 3.05) is 0 Å². The van der Waals surface area contributed by atoms with Crippen LogP contribution in [0, 0.1) is 0 Å². The lowest BCUT2D eigenvalue weighted by atomic mass is 10.5. The Kier molecular flexibility index (Phi) is 1.48. The van der Waals surface area contributed by atoms with Crippen LogP contribution in [-0.4, -0.2) is 15.2 Å². The van der Waals surface area contributed by atoms with Gasteiger partial charge in [-0.15, -0.1) is 5.10 Å². The summed E-state index contributed by atoms with van der Waals surface area (Å²) in [5.41, 5.74) is 0. The molecule has 0 aliphatic carbocycles. The number of halogens is 1. The van der Waals surface area contributed by atoms with Gasteiger partial charge in [0.05, 0.1) is 0 Å². The Hall–Kier alpha value is -0.570. The number of hydrogen-bond donors (Lipinski definition) is 1. The summed E-state index contributed by atoms with van der Waals surface area (Å²) in [6.07, 6.45) is 0.847. The molecule has 0 aliphatic heterocycles. The fourth-order valence-electron chi connectivity index (χ4n) is 0.430. The SMILES string of the molecule is CCc1nc(Cl)n[nH]1. The van der Waals surface area contributed by atoms with Crippen molar-refractivity contribution in [2.24, 2.45) is 0 Å². The largest absolute Gasteiger partial charge is 0.262 e. The molecule has 0 aliphatic rings. The molecule has 0 fully saturated rings. The van der Waals surface area contributed by atoms with Crippen LogP contribution in [-0.2, 0) is 6.42 Å². The summed E-state index contributed by atoms with van der Waals surface area (Å²) in [6.45, 7) is 1.98. The van der Waals surface area contributed by atoms with Crippen molar-refractivity contribution in [3.05, 3.63) is 11.1 Å². The highest BCUT2D eigenvalue weighted by Gasteiger charge is 1.93. The van der Waals surface area contributed by atoms with Crippen LogP contribution in [0.1, 0.15) is 12.7 Å². The quantitative estimate of drug-likeness (QED) is 0.618. The fourth-order valence-corrected chi connectivity index (χ4v) is 0.574. The van der Waals surface area contributed by atoms with Gasteiger partial charge in [-0.05, 0) is 11.6 Å². The molecule has 1 rings (SSSR count). The standard InChI is InChI=1S/C4H6ClN3/c1-2-3-6-4(5)8-7-3/h2H2,1H3,(H,6,7,8). The average Bonchev–Trinajstić information content (AvgIpc) is 2.14. The van der Waals surface area contributed by atoms with Crippen LogP contribution in [0.4, 0.5) is 0 Å². The molecule has 0 atom stereocenters. The number of hydrogen-bond acceptors (Lipinski definition) is 2. The van der Waals surface area contributed by atoms with Gasteiger partial charge in [0.1, 0.15) is 5.82 Å². The first kappa shape index (κ1) is 5.56. The molecule has 0 spiro atoms. The molecule has 0 radical (unpaired) electrons. The third-order valence-corrected chi connectivity index (χ3v) is 1.01. The maximum absolute atomic E-state index is 5.39. The van der Waals surface area contributed by atoms with E-state index in [1.54, 1.807) is 0 Å². The van der Waals surface area contributed by atoms with Crippen molar-refractivity contribution in [1.29, 1.82) is 0 Å². The normalized spacial score (nSPS) is 9.75. The Labute approximate surface area is 52.1 Å². The molecule has 1 aromatic heterocycles. The van der Waals surface area contributed by atoms with Crippen molar-refractivity contribution in [1.82, 2.24) is 15.2 Å². The van der Waals surface area contributed by atoms with Gasteiger partial charge in [-0.1, -0.05) is 6.92 Å². The van der Waals surface area contributed by atoms with Crippen molar-refractivity contribution in [3.8, 4) is 0 Å². The molecule has 1 N–H and O–H groups in total. The Morgan fingerprint density at radius 2 is 2.50 bits per heavy atom. The van der Waals surface area contributed by atoms with Gasteiger partial charge in [-0.2, -0.15) is 0 Å². The van der Waals surface area contributed by atoms with E-state index in [1.807, 2.05) is 6.92 Å². The summed E-state index contributed by atoms with van der Waals surface area (Å²) in [6, 6.07) is 0. The second kappa shape index (κ2) is 2.13. The second-order valence-electron chi connectivity index (χ2n) is 1.40.